The molecule has 0 aliphatic heterocycles. The van der Waals surface area contributed by atoms with Crippen LogP contribution in [0.5, 0.6) is 0 Å². The molecule has 0 heterocycles. The van der Waals surface area contributed by atoms with Crippen molar-refractivity contribution in [2.75, 3.05) is 12.0 Å². The third kappa shape index (κ3) is 4.75. The molecule has 0 aromatic rings. The van der Waals surface area contributed by atoms with Gasteiger partial charge < -0.3 is 14.9 Å². The van der Waals surface area contributed by atoms with E-state index in [2.05, 4.69) is 0 Å². The topological polar surface area (TPSA) is 60.7 Å². The van der Waals surface area contributed by atoms with Gasteiger partial charge in [-0.25, -0.2) is 0 Å². The van der Waals surface area contributed by atoms with Crippen molar-refractivity contribution in [1.29, 1.82) is 0 Å². The van der Waals surface area contributed by atoms with Gasteiger partial charge in [0.15, 0.2) is 8.38 Å². The summed E-state index contributed by atoms with van der Waals surface area (Å²) in [5.41, 5.74) is 0. The Kier molecular flexibility index (Phi) is 4.81. The number of hydrogen-bond donors (Lipinski definition) is 3. The fourth-order valence-corrected chi connectivity index (χ4v) is 1.00. The first-order valence-corrected chi connectivity index (χ1v) is 4.03. The number of alkyl halides is 1. The van der Waals surface area contributed by atoms with Crippen LogP contribution in [0.3, 0.4) is 0 Å². The van der Waals surface area contributed by atoms with Gasteiger partial charge in [-0.3, -0.25) is 0 Å². The Balaban J connectivity index is 3.10. The Morgan fingerprint density at radius 3 is 2.12 bits per heavy atom. The zero-order chi connectivity index (χ0) is 6.57. The molecule has 0 amide bonds. The molecule has 8 heavy (non-hydrogen) atoms. The quantitative estimate of drug-likeness (QED) is 0.397. The second kappa shape index (κ2) is 4.48. The average molecular weight is 159 g/mol. The largest absolute Gasteiger partial charge is 0.391 e. The van der Waals surface area contributed by atoms with E-state index in [1.54, 1.807) is 0 Å². The molecule has 0 saturated carbocycles. The maximum absolute atomic E-state index is 8.59. The number of aliphatic hydroxyl groups excluding tert-OH is 1. The smallest absolute Gasteiger partial charge is 0.167 e. The minimum absolute atomic E-state index is 0.0150. The van der Waals surface area contributed by atoms with Gasteiger partial charge in [0.2, 0.25) is 0 Å². The number of halogens is 1. The van der Waals surface area contributed by atoms with Gasteiger partial charge in [0.05, 0.1) is 6.10 Å². The number of rotatable bonds is 3. The third-order valence-electron chi connectivity index (χ3n) is 0.552. The molecule has 3 N–H and O–H groups in total. The van der Waals surface area contributed by atoms with Crippen LogP contribution in [-0.2, 0) is 0 Å². The van der Waals surface area contributed by atoms with E-state index in [-0.39, 0.29) is 12.0 Å². The molecule has 50 valence electrons. The molecule has 5 heteroatoms. The molecule has 0 saturated heterocycles. The van der Waals surface area contributed by atoms with E-state index in [0.29, 0.717) is 0 Å². The van der Waals surface area contributed by atoms with E-state index in [1.165, 1.54) is 0 Å². The lowest BCUT2D eigenvalue weighted by Crippen LogP contribution is -2.12. The first-order chi connectivity index (χ1) is 3.66. The molecular formula is C3H8ClO3P. The summed E-state index contributed by atoms with van der Waals surface area (Å²) < 4.78 is 0. The van der Waals surface area contributed by atoms with Gasteiger partial charge in [-0.05, 0) is 0 Å². The molecule has 0 aliphatic rings. The first kappa shape index (κ1) is 8.60. The first-order valence-electron chi connectivity index (χ1n) is 2.06. The summed E-state index contributed by atoms with van der Waals surface area (Å²) >= 11 is 5.13. The second-order valence-electron chi connectivity index (χ2n) is 1.36. The van der Waals surface area contributed by atoms with Gasteiger partial charge >= 0.3 is 0 Å². The predicted octanol–water partition coefficient (Wildman–Crippen LogP) is -0.117. The van der Waals surface area contributed by atoms with Crippen LogP contribution < -0.4 is 0 Å². The van der Waals surface area contributed by atoms with Gasteiger partial charge in [0, 0.05) is 12.0 Å². The molecule has 0 spiro atoms. The molecule has 0 bridgehead atoms. The van der Waals surface area contributed by atoms with Crippen molar-refractivity contribution in [3.05, 3.63) is 0 Å². The molecule has 0 aliphatic carbocycles. The van der Waals surface area contributed by atoms with E-state index in [9.17, 15) is 0 Å². The monoisotopic (exact) mass is 158 g/mol. The molecule has 1 unspecified atom stereocenters. The van der Waals surface area contributed by atoms with E-state index in [1.807, 2.05) is 0 Å². The van der Waals surface area contributed by atoms with Crippen LogP contribution >= 0.6 is 20.0 Å². The van der Waals surface area contributed by atoms with Gasteiger partial charge in [-0.2, -0.15) is 0 Å². The molecule has 0 aromatic carbocycles. The van der Waals surface area contributed by atoms with Crippen molar-refractivity contribution in [1.82, 2.24) is 0 Å². The van der Waals surface area contributed by atoms with E-state index in [4.69, 9.17) is 26.5 Å². The SMILES string of the molecule is OC(CCl)CP(O)O. The van der Waals surface area contributed by atoms with Crippen molar-refractivity contribution in [2.24, 2.45) is 0 Å². The van der Waals surface area contributed by atoms with Gasteiger partial charge in [0.1, 0.15) is 0 Å². The van der Waals surface area contributed by atoms with Crippen LogP contribution in [0.15, 0.2) is 0 Å². The Morgan fingerprint density at radius 2 is 2.00 bits per heavy atom. The molecule has 3 nitrogen and oxygen atoms in total. The van der Waals surface area contributed by atoms with Gasteiger partial charge in [0.25, 0.3) is 0 Å². The lowest BCUT2D eigenvalue weighted by atomic mass is 10.5. The van der Waals surface area contributed by atoms with Crippen LogP contribution in [0.1, 0.15) is 0 Å². The Labute approximate surface area is 53.8 Å². The van der Waals surface area contributed by atoms with Crippen LogP contribution in [-0.4, -0.2) is 33.0 Å². The maximum atomic E-state index is 8.59. The zero-order valence-electron chi connectivity index (χ0n) is 4.16. The normalized spacial score (nSPS) is 14.6. The van der Waals surface area contributed by atoms with Gasteiger partial charge in [-0.1, -0.05) is 0 Å². The molecule has 1 atom stereocenters. The van der Waals surface area contributed by atoms with Crippen molar-refractivity contribution < 1.29 is 14.9 Å². The Morgan fingerprint density at radius 1 is 1.50 bits per heavy atom. The zero-order valence-corrected chi connectivity index (χ0v) is 5.81. The maximum Gasteiger partial charge on any atom is 0.167 e. The van der Waals surface area contributed by atoms with Crippen molar-refractivity contribution >= 4 is 20.0 Å². The average Bonchev–Trinajstić information content (AvgIpc) is 1.65. The van der Waals surface area contributed by atoms with E-state index < -0.39 is 14.5 Å². The molecule has 0 radical (unpaired) electrons. The van der Waals surface area contributed by atoms with Crippen LogP contribution in [0.2, 0.25) is 0 Å². The summed E-state index contributed by atoms with van der Waals surface area (Å²) in [5.74, 6) is 0.0555. The Hall–Kier alpha value is 0.600. The van der Waals surface area contributed by atoms with Crippen molar-refractivity contribution in [2.45, 2.75) is 6.10 Å². The Bertz CT molecular complexity index is 60.5. The highest BCUT2D eigenvalue weighted by molar-refractivity contribution is 7.45. The predicted molar refractivity (Wildman–Crippen MR) is 33.0 cm³/mol. The fourth-order valence-electron chi connectivity index (χ4n) is 0.237. The third-order valence-corrected chi connectivity index (χ3v) is 1.66. The molecule has 0 fully saturated rings. The fraction of sp³-hybridized carbons (Fsp3) is 1.00. The highest BCUT2D eigenvalue weighted by Crippen LogP contribution is 2.23. The van der Waals surface area contributed by atoms with Crippen LogP contribution in [0.4, 0.5) is 0 Å². The number of aliphatic hydroxyl groups is 1. The molecular weight excluding hydrogens is 150 g/mol. The van der Waals surface area contributed by atoms with Crippen molar-refractivity contribution in [3.63, 3.8) is 0 Å². The van der Waals surface area contributed by atoms with Crippen LogP contribution in [0, 0.1) is 0 Å². The van der Waals surface area contributed by atoms with Gasteiger partial charge in [-0.15, -0.1) is 11.6 Å². The lowest BCUT2D eigenvalue weighted by Gasteiger charge is -2.05. The summed E-state index contributed by atoms with van der Waals surface area (Å²) in [6.45, 7) is 0. The minimum atomic E-state index is -1.98. The summed E-state index contributed by atoms with van der Waals surface area (Å²) in [6.07, 6.45) is -0.795. The van der Waals surface area contributed by atoms with Crippen LogP contribution in [0.25, 0.3) is 0 Å². The lowest BCUT2D eigenvalue weighted by molar-refractivity contribution is 0.217. The summed E-state index contributed by atoms with van der Waals surface area (Å²) in [5, 5.41) is 8.59. The molecule has 0 rings (SSSR count). The van der Waals surface area contributed by atoms with E-state index in [0.717, 1.165) is 0 Å². The van der Waals surface area contributed by atoms with Crippen molar-refractivity contribution in [3.8, 4) is 0 Å². The highest BCUT2D eigenvalue weighted by atomic mass is 35.5. The minimum Gasteiger partial charge on any atom is -0.391 e. The highest BCUT2D eigenvalue weighted by Gasteiger charge is 2.06. The van der Waals surface area contributed by atoms with E-state index >= 15 is 0 Å². The summed E-state index contributed by atoms with van der Waals surface area (Å²) in [7, 11) is -1.98. The molecule has 0 aromatic heterocycles. The number of hydrogen-bond acceptors (Lipinski definition) is 3. The standard InChI is InChI=1S/C3H8ClO3P/c4-1-3(5)2-8(6)7/h3,5-7H,1-2H2. The summed E-state index contributed by atoms with van der Waals surface area (Å²) in [4.78, 5) is 16.5. The summed E-state index contributed by atoms with van der Waals surface area (Å²) in [6, 6.07) is 0. The second-order valence-corrected chi connectivity index (χ2v) is 2.78.